The quantitative estimate of drug-likeness (QED) is 0.770. The lowest BCUT2D eigenvalue weighted by molar-refractivity contribution is 0.0757. The van der Waals surface area contributed by atoms with Crippen LogP contribution >= 0.6 is 0 Å². The maximum Gasteiger partial charge on any atom is 0.0480 e. The Hall–Kier alpha value is -0.160. The smallest absolute Gasteiger partial charge is 0.0480 e. The molecule has 0 radical (unpaired) electrons. The van der Waals surface area contributed by atoms with Gasteiger partial charge in [-0.3, -0.25) is 4.90 Å². The Morgan fingerprint density at radius 1 is 0.895 bits per heavy atom. The number of piperazine rings is 1. The lowest BCUT2D eigenvalue weighted by atomic mass is 10.1. The Bertz CT molecular complexity index is 256. The van der Waals surface area contributed by atoms with Gasteiger partial charge in [0.15, 0.2) is 0 Å². The van der Waals surface area contributed by atoms with Crippen LogP contribution in [0, 0.1) is 5.92 Å². The predicted octanol–water partition coefficient (Wildman–Crippen LogP) is 0.783. The summed E-state index contributed by atoms with van der Waals surface area (Å²) in [5.41, 5.74) is 0. The zero-order valence-electron chi connectivity index (χ0n) is 12.1. The molecule has 2 aliphatic heterocycles. The molecule has 0 unspecified atom stereocenters. The van der Waals surface area contributed by atoms with Gasteiger partial charge in [0.25, 0.3) is 0 Å². The Balaban J connectivity index is 1.25. The highest BCUT2D eigenvalue weighted by Crippen LogP contribution is 2.29. The van der Waals surface area contributed by atoms with Gasteiger partial charge < -0.3 is 15.0 Å². The molecule has 0 aromatic heterocycles. The highest BCUT2D eigenvalue weighted by atomic mass is 16.5. The van der Waals surface area contributed by atoms with E-state index in [2.05, 4.69) is 15.1 Å². The van der Waals surface area contributed by atoms with E-state index in [-0.39, 0.29) is 0 Å². The predicted molar refractivity (Wildman–Crippen MR) is 77.4 cm³/mol. The van der Waals surface area contributed by atoms with Crippen molar-refractivity contribution in [2.75, 3.05) is 59.0 Å². The maximum atomic E-state index is 5.39. The van der Waals surface area contributed by atoms with Gasteiger partial charge in [-0.1, -0.05) is 0 Å². The van der Waals surface area contributed by atoms with Gasteiger partial charge in [0.1, 0.15) is 0 Å². The molecule has 110 valence electrons. The average molecular weight is 267 g/mol. The molecule has 4 heteroatoms. The van der Waals surface area contributed by atoms with Gasteiger partial charge in [-0.15, -0.1) is 0 Å². The third kappa shape index (κ3) is 4.71. The standard InChI is InChI=1S/C15H29N3O/c1-2-14(1)13-18-9-7-17(8-10-18)6-5-16-15-3-11-19-12-4-15/h14-16H,1-13H2. The number of nitrogens with one attached hydrogen (secondary N) is 1. The maximum absolute atomic E-state index is 5.39. The molecule has 1 saturated carbocycles. The Labute approximate surface area is 117 Å². The summed E-state index contributed by atoms with van der Waals surface area (Å²) in [6.45, 7) is 10.7. The van der Waals surface area contributed by atoms with Gasteiger partial charge in [0.05, 0.1) is 0 Å². The lowest BCUT2D eigenvalue weighted by Crippen LogP contribution is -2.49. The van der Waals surface area contributed by atoms with Crippen LogP contribution in [-0.2, 0) is 4.74 Å². The van der Waals surface area contributed by atoms with Gasteiger partial charge in [-0.2, -0.15) is 0 Å². The largest absolute Gasteiger partial charge is 0.381 e. The molecule has 0 bridgehead atoms. The molecular weight excluding hydrogens is 238 g/mol. The normalized spacial score (nSPS) is 27.8. The SMILES string of the molecule is C(CN1CCN(CC2CC2)CC1)NC1CCOCC1. The molecular formula is C15H29N3O. The second-order valence-corrected chi connectivity index (χ2v) is 6.43. The Morgan fingerprint density at radius 3 is 2.26 bits per heavy atom. The summed E-state index contributed by atoms with van der Waals surface area (Å²) >= 11 is 0. The van der Waals surface area contributed by atoms with Crippen LogP contribution < -0.4 is 5.32 Å². The molecule has 0 aromatic rings. The highest BCUT2D eigenvalue weighted by Gasteiger charge is 2.26. The zero-order valence-corrected chi connectivity index (χ0v) is 12.1. The Kier molecular flexibility index (Phi) is 5.10. The molecule has 3 rings (SSSR count). The van der Waals surface area contributed by atoms with E-state index in [9.17, 15) is 0 Å². The average Bonchev–Trinajstić information content (AvgIpc) is 3.26. The van der Waals surface area contributed by atoms with Gasteiger partial charge in [0.2, 0.25) is 0 Å². The van der Waals surface area contributed by atoms with E-state index in [0.29, 0.717) is 6.04 Å². The van der Waals surface area contributed by atoms with Crippen molar-refractivity contribution in [2.24, 2.45) is 5.92 Å². The molecule has 3 aliphatic rings. The highest BCUT2D eigenvalue weighted by molar-refractivity contribution is 4.81. The summed E-state index contributed by atoms with van der Waals surface area (Å²) < 4.78 is 5.39. The molecule has 1 aliphatic carbocycles. The van der Waals surface area contributed by atoms with Crippen LogP contribution in [0.5, 0.6) is 0 Å². The Morgan fingerprint density at radius 2 is 1.58 bits per heavy atom. The fraction of sp³-hybridized carbons (Fsp3) is 1.00. The van der Waals surface area contributed by atoms with Gasteiger partial charge in [0, 0.05) is 65.1 Å². The third-order valence-electron chi connectivity index (χ3n) is 4.76. The third-order valence-corrected chi connectivity index (χ3v) is 4.76. The van der Waals surface area contributed by atoms with E-state index in [1.807, 2.05) is 0 Å². The monoisotopic (exact) mass is 267 g/mol. The number of ether oxygens (including phenoxy) is 1. The summed E-state index contributed by atoms with van der Waals surface area (Å²) in [4.78, 5) is 5.29. The minimum absolute atomic E-state index is 0.699. The van der Waals surface area contributed by atoms with Crippen molar-refractivity contribution >= 4 is 0 Å². The second-order valence-electron chi connectivity index (χ2n) is 6.43. The van der Waals surface area contributed by atoms with Gasteiger partial charge in [-0.25, -0.2) is 0 Å². The molecule has 2 saturated heterocycles. The second kappa shape index (κ2) is 7.02. The first-order valence-electron chi connectivity index (χ1n) is 8.16. The lowest BCUT2D eigenvalue weighted by Gasteiger charge is -2.35. The van der Waals surface area contributed by atoms with Crippen LogP contribution in [0.3, 0.4) is 0 Å². The fourth-order valence-electron chi connectivity index (χ4n) is 3.19. The van der Waals surface area contributed by atoms with Crippen LogP contribution in [-0.4, -0.2) is 74.9 Å². The summed E-state index contributed by atoms with van der Waals surface area (Å²) in [6, 6.07) is 0.699. The van der Waals surface area contributed by atoms with Crippen LogP contribution in [0.4, 0.5) is 0 Å². The number of hydrogen-bond acceptors (Lipinski definition) is 4. The van der Waals surface area contributed by atoms with Crippen molar-refractivity contribution < 1.29 is 4.74 Å². The van der Waals surface area contributed by atoms with Crippen LogP contribution in [0.15, 0.2) is 0 Å². The van der Waals surface area contributed by atoms with E-state index in [1.165, 1.54) is 65.0 Å². The van der Waals surface area contributed by atoms with Crippen molar-refractivity contribution in [3.05, 3.63) is 0 Å². The topological polar surface area (TPSA) is 27.7 Å². The summed E-state index contributed by atoms with van der Waals surface area (Å²) in [7, 11) is 0. The first-order valence-corrected chi connectivity index (χ1v) is 8.16. The van der Waals surface area contributed by atoms with Crippen molar-refractivity contribution in [3.8, 4) is 0 Å². The molecule has 0 spiro atoms. The molecule has 1 N–H and O–H groups in total. The van der Waals surface area contributed by atoms with E-state index in [1.54, 1.807) is 0 Å². The van der Waals surface area contributed by atoms with Crippen LogP contribution in [0.1, 0.15) is 25.7 Å². The van der Waals surface area contributed by atoms with E-state index in [0.717, 1.165) is 25.7 Å². The molecule has 3 fully saturated rings. The number of rotatable bonds is 6. The molecule has 4 nitrogen and oxygen atoms in total. The van der Waals surface area contributed by atoms with Crippen molar-refractivity contribution in [1.29, 1.82) is 0 Å². The first kappa shape index (κ1) is 13.8. The van der Waals surface area contributed by atoms with Crippen molar-refractivity contribution in [2.45, 2.75) is 31.7 Å². The van der Waals surface area contributed by atoms with Crippen LogP contribution in [0.2, 0.25) is 0 Å². The van der Waals surface area contributed by atoms with Crippen LogP contribution in [0.25, 0.3) is 0 Å². The molecule has 0 aromatic carbocycles. The van der Waals surface area contributed by atoms with Crippen molar-refractivity contribution in [1.82, 2.24) is 15.1 Å². The van der Waals surface area contributed by atoms with E-state index >= 15 is 0 Å². The van der Waals surface area contributed by atoms with Crippen molar-refractivity contribution in [3.63, 3.8) is 0 Å². The van der Waals surface area contributed by atoms with E-state index in [4.69, 9.17) is 4.74 Å². The number of nitrogens with zero attached hydrogens (tertiary/aromatic N) is 2. The van der Waals surface area contributed by atoms with Gasteiger partial charge >= 0.3 is 0 Å². The summed E-state index contributed by atoms with van der Waals surface area (Å²) in [5, 5.41) is 3.69. The first-order chi connectivity index (χ1) is 9.40. The minimum Gasteiger partial charge on any atom is -0.381 e. The molecule has 19 heavy (non-hydrogen) atoms. The van der Waals surface area contributed by atoms with E-state index < -0.39 is 0 Å². The number of hydrogen-bond donors (Lipinski definition) is 1. The minimum atomic E-state index is 0.699. The summed E-state index contributed by atoms with van der Waals surface area (Å²) in [5.74, 6) is 1.04. The molecule has 0 amide bonds. The van der Waals surface area contributed by atoms with Gasteiger partial charge in [-0.05, 0) is 31.6 Å². The zero-order chi connectivity index (χ0) is 12.9. The molecule has 0 atom stereocenters. The molecule has 2 heterocycles. The fourth-order valence-corrected chi connectivity index (χ4v) is 3.19. The summed E-state index contributed by atoms with van der Waals surface area (Å²) in [6.07, 6.45) is 5.34.